The van der Waals surface area contributed by atoms with Crippen molar-refractivity contribution in [2.45, 2.75) is 20.4 Å². The second-order valence-corrected chi connectivity index (χ2v) is 5.93. The van der Waals surface area contributed by atoms with E-state index in [-0.39, 0.29) is 0 Å². The number of halogens is 1. The predicted octanol–water partition coefficient (Wildman–Crippen LogP) is 4.05. The molecule has 0 saturated carbocycles. The molecule has 0 aliphatic heterocycles. The van der Waals surface area contributed by atoms with Gasteiger partial charge in [-0.3, -0.25) is 0 Å². The minimum atomic E-state index is 0.684. The zero-order valence-corrected chi connectivity index (χ0v) is 14.6. The molecule has 5 nitrogen and oxygen atoms in total. The van der Waals surface area contributed by atoms with Crippen LogP contribution in [0.4, 0.5) is 0 Å². The van der Waals surface area contributed by atoms with Crippen LogP contribution in [0.15, 0.2) is 42.5 Å². The van der Waals surface area contributed by atoms with Crippen LogP contribution in [-0.2, 0) is 6.54 Å². The number of nitrogens with one attached hydrogen (secondary N) is 1. The van der Waals surface area contributed by atoms with Gasteiger partial charge in [0.2, 0.25) is 0 Å². The molecule has 24 heavy (non-hydrogen) atoms. The topological polar surface area (TPSA) is 52.0 Å². The maximum absolute atomic E-state index is 6.00. The summed E-state index contributed by atoms with van der Waals surface area (Å²) in [6.07, 6.45) is 0. The van der Waals surface area contributed by atoms with E-state index in [4.69, 9.17) is 16.3 Å². The zero-order chi connectivity index (χ0) is 17.1. The number of aryl methyl sites for hydroxylation is 2. The molecule has 3 aromatic rings. The maximum Gasteiger partial charge on any atom is 0.148 e. The van der Waals surface area contributed by atoms with Crippen molar-refractivity contribution in [3.05, 3.63) is 64.7 Å². The maximum atomic E-state index is 6.00. The van der Waals surface area contributed by atoms with Gasteiger partial charge in [0, 0.05) is 17.1 Å². The fraction of sp³-hybridized carbons (Fsp3) is 0.222. The smallest absolute Gasteiger partial charge is 0.148 e. The molecule has 0 aliphatic carbocycles. The van der Waals surface area contributed by atoms with Gasteiger partial charge in [-0.25, -0.2) is 9.67 Å². The summed E-state index contributed by atoms with van der Waals surface area (Å²) in [7, 11) is 1.91. The number of benzene rings is 2. The van der Waals surface area contributed by atoms with Gasteiger partial charge in [-0.2, -0.15) is 5.10 Å². The van der Waals surface area contributed by atoms with E-state index in [9.17, 15) is 0 Å². The third-order valence-electron chi connectivity index (χ3n) is 3.57. The number of hydrogen-bond donors (Lipinski definition) is 1. The van der Waals surface area contributed by atoms with Crippen molar-refractivity contribution in [3.63, 3.8) is 0 Å². The monoisotopic (exact) mass is 342 g/mol. The van der Waals surface area contributed by atoms with Crippen molar-refractivity contribution in [2.24, 2.45) is 0 Å². The number of ether oxygens (including phenoxy) is 1. The third kappa shape index (κ3) is 3.58. The van der Waals surface area contributed by atoms with Crippen molar-refractivity contribution in [1.82, 2.24) is 20.1 Å². The molecular formula is C18H19ClN4O. The Labute approximate surface area is 146 Å². The lowest BCUT2D eigenvalue weighted by Crippen LogP contribution is -2.08. The summed E-state index contributed by atoms with van der Waals surface area (Å²) in [5.41, 5.74) is 2.00. The van der Waals surface area contributed by atoms with Crippen LogP contribution in [-0.4, -0.2) is 21.8 Å². The fourth-order valence-corrected chi connectivity index (χ4v) is 2.65. The lowest BCUT2D eigenvalue weighted by atomic mass is 10.1. The number of aromatic nitrogens is 3. The van der Waals surface area contributed by atoms with E-state index in [2.05, 4.69) is 21.5 Å². The van der Waals surface area contributed by atoms with Crippen LogP contribution in [0.3, 0.4) is 0 Å². The van der Waals surface area contributed by atoms with Gasteiger partial charge in [0.05, 0.1) is 5.69 Å². The average Bonchev–Trinajstić information content (AvgIpc) is 2.90. The first kappa shape index (κ1) is 16.5. The molecule has 6 heteroatoms. The fourth-order valence-electron chi connectivity index (χ4n) is 2.52. The van der Waals surface area contributed by atoms with Gasteiger partial charge in [0.25, 0.3) is 0 Å². The summed E-state index contributed by atoms with van der Waals surface area (Å²) in [5, 5.41) is 8.29. The highest BCUT2D eigenvalue weighted by Crippen LogP contribution is 2.28. The first-order valence-corrected chi connectivity index (χ1v) is 8.06. The minimum Gasteiger partial charge on any atom is -0.457 e. The molecule has 0 unspecified atom stereocenters. The Bertz CT molecular complexity index is 843. The van der Waals surface area contributed by atoms with Crippen molar-refractivity contribution < 1.29 is 4.74 Å². The highest BCUT2D eigenvalue weighted by atomic mass is 35.5. The molecule has 0 radical (unpaired) electrons. The first-order chi connectivity index (χ1) is 11.6. The molecule has 1 N–H and O–H groups in total. The zero-order valence-electron chi connectivity index (χ0n) is 13.9. The van der Waals surface area contributed by atoms with Crippen LogP contribution < -0.4 is 10.1 Å². The Kier molecular flexibility index (Phi) is 4.83. The van der Waals surface area contributed by atoms with E-state index in [1.165, 1.54) is 0 Å². The van der Waals surface area contributed by atoms with Gasteiger partial charge >= 0.3 is 0 Å². The third-order valence-corrected chi connectivity index (χ3v) is 3.82. The summed E-state index contributed by atoms with van der Waals surface area (Å²) in [6, 6.07) is 13.3. The van der Waals surface area contributed by atoms with Crippen LogP contribution in [0.25, 0.3) is 5.69 Å². The Morgan fingerprint density at radius 1 is 1.12 bits per heavy atom. The van der Waals surface area contributed by atoms with Crippen molar-refractivity contribution in [2.75, 3.05) is 7.05 Å². The average molecular weight is 343 g/mol. The predicted molar refractivity (Wildman–Crippen MR) is 95.1 cm³/mol. The van der Waals surface area contributed by atoms with E-state index in [0.29, 0.717) is 11.6 Å². The number of hydrogen-bond acceptors (Lipinski definition) is 4. The molecule has 0 fully saturated rings. The number of rotatable bonds is 5. The standard InChI is InChI=1S/C18H19ClN4O/c1-12-21-13(2)23(22-12)16-6-9-18(14(10-16)11-20-3)24-17-7-4-15(19)5-8-17/h4-10,20H,11H2,1-3H3. The molecule has 0 aliphatic rings. The van der Waals surface area contributed by atoms with Gasteiger partial charge in [-0.05, 0) is 63.4 Å². The highest BCUT2D eigenvalue weighted by molar-refractivity contribution is 6.30. The van der Waals surface area contributed by atoms with Gasteiger partial charge in [-0.15, -0.1) is 0 Å². The first-order valence-electron chi connectivity index (χ1n) is 7.68. The van der Waals surface area contributed by atoms with Crippen LogP contribution in [0, 0.1) is 13.8 Å². The number of nitrogens with zero attached hydrogens (tertiary/aromatic N) is 3. The van der Waals surface area contributed by atoms with Gasteiger partial charge in [-0.1, -0.05) is 11.6 Å². The lowest BCUT2D eigenvalue weighted by Gasteiger charge is -2.13. The second-order valence-electron chi connectivity index (χ2n) is 5.50. The van der Waals surface area contributed by atoms with Gasteiger partial charge in [0.1, 0.15) is 23.1 Å². The van der Waals surface area contributed by atoms with E-state index >= 15 is 0 Å². The Morgan fingerprint density at radius 3 is 2.50 bits per heavy atom. The van der Waals surface area contributed by atoms with Crippen LogP contribution >= 0.6 is 11.6 Å². The van der Waals surface area contributed by atoms with Crippen LogP contribution in [0.5, 0.6) is 11.5 Å². The van der Waals surface area contributed by atoms with E-state index in [1.807, 2.05) is 62.0 Å². The summed E-state index contributed by atoms with van der Waals surface area (Å²) >= 11 is 5.92. The normalized spacial score (nSPS) is 10.8. The van der Waals surface area contributed by atoms with Crippen molar-refractivity contribution in [3.8, 4) is 17.2 Å². The molecule has 0 saturated heterocycles. The van der Waals surface area contributed by atoms with Crippen molar-refractivity contribution in [1.29, 1.82) is 0 Å². The molecule has 2 aromatic carbocycles. The summed E-state index contributed by atoms with van der Waals surface area (Å²) in [5.74, 6) is 3.15. The Morgan fingerprint density at radius 2 is 1.88 bits per heavy atom. The van der Waals surface area contributed by atoms with Crippen LogP contribution in [0.1, 0.15) is 17.2 Å². The molecule has 0 bridgehead atoms. The van der Waals surface area contributed by atoms with Crippen LogP contribution in [0.2, 0.25) is 5.02 Å². The van der Waals surface area contributed by atoms with E-state index in [1.54, 1.807) is 0 Å². The summed E-state index contributed by atoms with van der Waals surface area (Å²) in [6.45, 7) is 4.51. The Hall–Kier alpha value is -2.37. The Balaban J connectivity index is 1.95. The van der Waals surface area contributed by atoms with Gasteiger partial charge in [0.15, 0.2) is 0 Å². The lowest BCUT2D eigenvalue weighted by molar-refractivity contribution is 0.474. The minimum absolute atomic E-state index is 0.684. The molecule has 0 atom stereocenters. The van der Waals surface area contributed by atoms with Gasteiger partial charge < -0.3 is 10.1 Å². The molecule has 0 spiro atoms. The van der Waals surface area contributed by atoms with Crippen molar-refractivity contribution >= 4 is 11.6 Å². The summed E-state index contributed by atoms with van der Waals surface area (Å²) < 4.78 is 7.83. The van der Waals surface area contributed by atoms with E-state index in [0.717, 1.165) is 34.4 Å². The second kappa shape index (κ2) is 7.03. The molecule has 0 amide bonds. The largest absolute Gasteiger partial charge is 0.457 e. The quantitative estimate of drug-likeness (QED) is 0.760. The molecule has 1 aromatic heterocycles. The molecule has 124 valence electrons. The summed E-state index contributed by atoms with van der Waals surface area (Å²) in [4.78, 5) is 4.35. The molecule has 3 rings (SSSR count). The highest BCUT2D eigenvalue weighted by Gasteiger charge is 2.10. The molecular weight excluding hydrogens is 324 g/mol. The van der Waals surface area contributed by atoms with E-state index < -0.39 is 0 Å². The SMILES string of the molecule is CNCc1cc(-n2nc(C)nc2C)ccc1Oc1ccc(Cl)cc1. The molecule has 1 heterocycles.